The second-order valence-corrected chi connectivity index (χ2v) is 3.82. The predicted molar refractivity (Wildman–Crippen MR) is 65.2 cm³/mol. The van der Waals surface area contributed by atoms with Gasteiger partial charge in [-0.05, 0) is 42.8 Å². The van der Waals surface area contributed by atoms with Crippen LogP contribution in [0, 0.1) is 18.6 Å². The van der Waals surface area contributed by atoms with Crippen LogP contribution in [0.2, 0.25) is 0 Å². The van der Waals surface area contributed by atoms with Crippen molar-refractivity contribution in [1.29, 1.82) is 0 Å². The van der Waals surface area contributed by atoms with Gasteiger partial charge in [-0.25, -0.2) is 8.78 Å². The Bertz CT molecular complexity index is 553. The second-order valence-electron chi connectivity index (χ2n) is 3.82. The van der Waals surface area contributed by atoms with Crippen LogP contribution < -0.4 is 11.1 Å². The Morgan fingerprint density at radius 1 is 1.06 bits per heavy atom. The number of hydrogen-bond donors (Lipinski definition) is 2. The third-order valence-corrected chi connectivity index (χ3v) is 2.47. The van der Waals surface area contributed by atoms with Crippen molar-refractivity contribution in [2.24, 2.45) is 0 Å². The standard InChI is InChI=1S/C13H12F2N2/c1-8-2-4-10(7-11(8)15)17-13-6-9(14)3-5-12(13)16/h2-7,17H,16H2,1H3. The fourth-order valence-corrected chi connectivity index (χ4v) is 1.46. The first-order valence-corrected chi connectivity index (χ1v) is 5.14. The van der Waals surface area contributed by atoms with Crippen molar-refractivity contribution in [3.8, 4) is 0 Å². The molecule has 3 N–H and O–H groups in total. The zero-order valence-corrected chi connectivity index (χ0v) is 9.30. The summed E-state index contributed by atoms with van der Waals surface area (Å²) in [6.07, 6.45) is 0. The van der Waals surface area contributed by atoms with Gasteiger partial charge in [0.2, 0.25) is 0 Å². The van der Waals surface area contributed by atoms with E-state index in [-0.39, 0.29) is 5.82 Å². The van der Waals surface area contributed by atoms with Gasteiger partial charge in [-0.2, -0.15) is 0 Å². The molecule has 0 radical (unpaired) electrons. The highest BCUT2D eigenvalue weighted by Gasteiger charge is 2.03. The molecular formula is C13H12F2N2. The number of nitrogen functional groups attached to an aromatic ring is 1. The predicted octanol–water partition coefficient (Wildman–Crippen LogP) is 3.60. The van der Waals surface area contributed by atoms with E-state index in [0.717, 1.165) is 0 Å². The van der Waals surface area contributed by atoms with Crippen LogP contribution in [-0.2, 0) is 0 Å². The van der Waals surface area contributed by atoms with Crippen LogP contribution in [0.25, 0.3) is 0 Å². The molecule has 4 heteroatoms. The van der Waals surface area contributed by atoms with Crippen LogP contribution in [0.3, 0.4) is 0 Å². The Kier molecular flexibility index (Phi) is 2.95. The van der Waals surface area contributed by atoms with Gasteiger partial charge < -0.3 is 11.1 Å². The summed E-state index contributed by atoms with van der Waals surface area (Å²) in [5.74, 6) is -0.709. The molecule has 0 unspecified atom stereocenters. The Hall–Kier alpha value is -2.10. The summed E-state index contributed by atoms with van der Waals surface area (Å²) < 4.78 is 26.3. The van der Waals surface area contributed by atoms with Crippen molar-refractivity contribution in [1.82, 2.24) is 0 Å². The fraction of sp³-hybridized carbons (Fsp3) is 0.0769. The number of anilines is 3. The molecule has 0 aliphatic heterocycles. The zero-order valence-electron chi connectivity index (χ0n) is 9.30. The number of hydrogen-bond acceptors (Lipinski definition) is 2. The Morgan fingerprint density at radius 2 is 1.82 bits per heavy atom. The zero-order chi connectivity index (χ0) is 12.4. The van der Waals surface area contributed by atoms with Crippen molar-refractivity contribution in [3.63, 3.8) is 0 Å². The average molecular weight is 234 g/mol. The van der Waals surface area contributed by atoms with Crippen LogP contribution in [0.15, 0.2) is 36.4 Å². The summed E-state index contributed by atoms with van der Waals surface area (Å²) in [6.45, 7) is 1.68. The van der Waals surface area contributed by atoms with E-state index in [1.165, 1.54) is 24.3 Å². The van der Waals surface area contributed by atoms with Crippen LogP contribution >= 0.6 is 0 Å². The highest BCUT2D eigenvalue weighted by atomic mass is 19.1. The summed E-state index contributed by atoms with van der Waals surface area (Å²) in [6, 6.07) is 8.71. The molecule has 0 atom stereocenters. The lowest BCUT2D eigenvalue weighted by molar-refractivity contribution is 0.619. The molecule has 0 saturated heterocycles. The average Bonchev–Trinajstić information content (AvgIpc) is 2.29. The highest BCUT2D eigenvalue weighted by Crippen LogP contribution is 2.24. The van der Waals surface area contributed by atoms with Crippen molar-refractivity contribution in [2.45, 2.75) is 6.92 Å². The molecular weight excluding hydrogens is 222 g/mol. The molecule has 88 valence electrons. The SMILES string of the molecule is Cc1ccc(Nc2cc(F)ccc2N)cc1F. The number of rotatable bonds is 2. The normalized spacial score (nSPS) is 10.3. The van der Waals surface area contributed by atoms with Gasteiger partial charge in [-0.1, -0.05) is 6.07 Å². The maximum atomic E-state index is 13.3. The van der Waals surface area contributed by atoms with Crippen molar-refractivity contribution in [3.05, 3.63) is 53.6 Å². The van der Waals surface area contributed by atoms with E-state index in [0.29, 0.717) is 22.6 Å². The molecule has 0 aliphatic carbocycles. The van der Waals surface area contributed by atoms with Crippen molar-refractivity contribution >= 4 is 17.1 Å². The Labute approximate surface area is 98.1 Å². The van der Waals surface area contributed by atoms with Crippen molar-refractivity contribution in [2.75, 3.05) is 11.1 Å². The summed E-state index contributed by atoms with van der Waals surface area (Å²) in [7, 11) is 0. The molecule has 2 rings (SSSR count). The molecule has 0 spiro atoms. The van der Waals surface area contributed by atoms with Gasteiger partial charge in [0.15, 0.2) is 0 Å². The maximum absolute atomic E-state index is 13.3. The number of nitrogens with two attached hydrogens (primary N) is 1. The molecule has 2 aromatic carbocycles. The van der Waals surface area contributed by atoms with E-state index in [2.05, 4.69) is 5.32 Å². The first-order valence-electron chi connectivity index (χ1n) is 5.14. The molecule has 17 heavy (non-hydrogen) atoms. The molecule has 0 heterocycles. The molecule has 0 fully saturated rings. The molecule has 2 nitrogen and oxygen atoms in total. The Morgan fingerprint density at radius 3 is 2.53 bits per heavy atom. The molecule has 0 saturated carbocycles. The third-order valence-electron chi connectivity index (χ3n) is 2.47. The quantitative estimate of drug-likeness (QED) is 0.779. The lowest BCUT2D eigenvalue weighted by Crippen LogP contribution is -1.97. The van der Waals surface area contributed by atoms with E-state index in [1.807, 2.05) is 0 Å². The van der Waals surface area contributed by atoms with Crippen LogP contribution in [-0.4, -0.2) is 0 Å². The second kappa shape index (κ2) is 4.41. The first kappa shape index (κ1) is 11.4. The summed E-state index contributed by atoms with van der Waals surface area (Å²) in [5, 5.41) is 2.88. The molecule has 0 aliphatic rings. The Balaban J connectivity index is 2.31. The van der Waals surface area contributed by atoms with E-state index in [4.69, 9.17) is 5.73 Å². The minimum Gasteiger partial charge on any atom is -0.397 e. The third kappa shape index (κ3) is 2.53. The molecule has 0 bridgehead atoms. The largest absolute Gasteiger partial charge is 0.397 e. The first-order chi connectivity index (χ1) is 8.06. The fourth-order valence-electron chi connectivity index (χ4n) is 1.46. The minimum absolute atomic E-state index is 0.315. The topological polar surface area (TPSA) is 38.0 Å². The van der Waals surface area contributed by atoms with Gasteiger partial charge in [0.05, 0.1) is 11.4 Å². The number of benzene rings is 2. The van der Waals surface area contributed by atoms with Gasteiger partial charge in [0, 0.05) is 5.69 Å². The molecule has 0 amide bonds. The van der Waals surface area contributed by atoms with Crippen LogP contribution in [0.5, 0.6) is 0 Å². The van der Waals surface area contributed by atoms with Gasteiger partial charge >= 0.3 is 0 Å². The summed E-state index contributed by atoms with van der Waals surface area (Å²) >= 11 is 0. The highest BCUT2D eigenvalue weighted by molar-refractivity contribution is 5.72. The maximum Gasteiger partial charge on any atom is 0.128 e. The number of halogens is 2. The van der Waals surface area contributed by atoms with Crippen molar-refractivity contribution < 1.29 is 8.78 Å². The summed E-state index contributed by atoms with van der Waals surface area (Å²) in [4.78, 5) is 0. The van der Waals surface area contributed by atoms with E-state index < -0.39 is 5.82 Å². The van der Waals surface area contributed by atoms with Gasteiger partial charge in [-0.3, -0.25) is 0 Å². The molecule has 0 aromatic heterocycles. The minimum atomic E-state index is -0.394. The van der Waals surface area contributed by atoms with Crippen LogP contribution in [0.4, 0.5) is 25.8 Å². The van der Waals surface area contributed by atoms with E-state index >= 15 is 0 Å². The van der Waals surface area contributed by atoms with Gasteiger partial charge in [0.1, 0.15) is 11.6 Å². The van der Waals surface area contributed by atoms with E-state index in [1.54, 1.807) is 19.1 Å². The number of nitrogens with one attached hydrogen (secondary N) is 1. The van der Waals surface area contributed by atoms with Gasteiger partial charge in [0.25, 0.3) is 0 Å². The lowest BCUT2D eigenvalue weighted by Gasteiger charge is -2.10. The van der Waals surface area contributed by atoms with Crippen LogP contribution in [0.1, 0.15) is 5.56 Å². The molecule has 2 aromatic rings. The number of aryl methyl sites for hydroxylation is 1. The smallest absolute Gasteiger partial charge is 0.128 e. The monoisotopic (exact) mass is 234 g/mol. The lowest BCUT2D eigenvalue weighted by atomic mass is 10.2. The summed E-state index contributed by atoms with van der Waals surface area (Å²) in [5.41, 5.74) is 7.61. The van der Waals surface area contributed by atoms with Gasteiger partial charge in [-0.15, -0.1) is 0 Å². The van der Waals surface area contributed by atoms with E-state index in [9.17, 15) is 8.78 Å².